The molecule has 0 aliphatic rings. The van der Waals surface area contributed by atoms with E-state index in [2.05, 4.69) is 129 Å². The molecule has 12 nitrogen and oxygen atoms in total. The highest BCUT2D eigenvalue weighted by atomic mass is 35.5. The number of hydrogen-bond donors (Lipinski definition) is 0. The number of ether oxygens (including phenoxy) is 8. The maximum absolute atomic E-state index is 14.5. The quantitative estimate of drug-likeness (QED) is 0.0533. The van der Waals surface area contributed by atoms with Crippen LogP contribution in [0.4, 0.5) is 17.6 Å². The second-order valence-electron chi connectivity index (χ2n) is 27.4. The Morgan fingerprint density at radius 1 is 0.333 bits per heavy atom. The first-order chi connectivity index (χ1) is 48.2. The Kier molecular flexibility index (Phi) is 27.5. The third kappa shape index (κ3) is 20.5. The van der Waals surface area contributed by atoms with Crippen LogP contribution in [0.3, 0.4) is 0 Å². The largest absolute Gasteiger partial charge is 0.481 e. The number of nitrogens with zero attached hydrogens (tertiary/aromatic N) is 4. The molecule has 4 atom stereocenters. The van der Waals surface area contributed by atoms with Gasteiger partial charge in [-0.25, -0.2) is 37.5 Å². The van der Waals surface area contributed by atoms with Crippen LogP contribution in [0.1, 0.15) is 175 Å². The van der Waals surface area contributed by atoms with Crippen molar-refractivity contribution in [1.29, 1.82) is 0 Å². The zero-order valence-electron chi connectivity index (χ0n) is 66.0. The van der Waals surface area contributed by atoms with Crippen LogP contribution in [-0.4, -0.2) is 76.8 Å². The van der Waals surface area contributed by atoms with Crippen molar-refractivity contribution in [1.82, 2.24) is 19.9 Å². The first-order valence-corrected chi connectivity index (χ1v) is 32.9. The molecule has 4 aromatic heterocycles. The molecule has 526 valence electrons. The normalized spacial score (nSPS) is 13.2. The highest BCUT2D eigenvalue weighted by molar-refractivity contribution is 6.17. The van der Waals surface area contributed by atoms with E-state index in [1.54, 1.807) is 52.7 Å². The average molecular weight is 1380 g/mol. The van der Waals surface area contributed by atoms with Crippen molar-refractivity contribution < 1.29 is 64.4 Å². The fourth-order valence-corrected chi connectivity index (χ4v) is 12.0. The number of pyridine rings is 4. The van der Waals surface area contributed by atoms with Gasteiger partial charge < -0.3 is 37.9 Å². The van der Waals surface area contributed by atoms with E-state index in [1.807, 2.05) is 60.7 Å². The minimum atomic E-state index is -0.403. The van der Waals surface area contributed by atoms with Crippen LogP contribution < -0.4 is 18.9 Å². The van der Waals surface area contributed by atoms with E-state index in [0.717, 1.165) is 68.5 Å². The van der Waals surface area contributed by atoms with Crippen molar-refractivity contribution in [3.05, 3.63) is 190 Å². The Hall–Kier alpha value is -7.18. The van der Waals surface area contributed by atoms with E-state index < -0.39 is 11.6 Å². The van der Waals surface area contributed by atoms with Gasteiger partial charge in [0.25, 0.3) is 0 Å². The van der Waals surface area contributed by atoms with Gasteiger partial charge in [-0.1, -0.05) is 170 Å². The zero-order valence-corrected chi connectivity index (χ0v) is 61.5. The molecule has 8 aromatic rings. The zero-order chi connectivity index (χ0) is 77.6. The molecule has 0 fully saturated rings. The maximum Gasteiger partial charge on any atom is 0.213 e. The second kappa shape index (κ2) is 35.4. The highest BCUT2D eigenvalue weighted by Crippen LogP contribution is 2.46. The Morgan fingerprint density at radius 3 is 0.698 bits per heavy atom. The lowest BCUT2D eigenvalue weighted by molar-refractivity contribution is 0.0155. The lowest BCUT2D eigenvalue weighted by atomic mass is 9.81. The summed E-state index contributed by atoms with van der Waals surface area (Å²) in [5.41, 5.74) is 12.5. The highest BCUT2D eigenvalue weighted by Gasteiger charge is 2.34. The number of aromatic nitrogens is 4. The molecule has 0 saturated heterocycles. The molecule has 0 unspecified atom stereocenters. The minimum absolute atomic E-state index is 0.122. The van der Waals surface area contributed by atoms with E-state index in [0.29, 0.717) is 57.5 Å². The molecular formula is C78H104Cl2F4N4O8. The molecule has 4 heterocycles. The van der Waals surface area contributed by atoms with Crippen molar-refractivity contribution in [2.75, 3.05) is 56.9 Å². The number of rotatable bonds is 20. The van der Waals surface area contributed by atoms with Gasteiger partial charge in [0.1, 0.15) is 23.3 Å². The standard InChI is InChI=1S/2C20H26FNO2.2C19H23ClFNO2.3H2/c2*1-7-13-8-9-14(15-11-18(23-5)22-12-17(15)21)16(10-13)19(24-6)20(2,3)4;2*1-19(2,3)18(24-5)15-8-12(10-20)6-7-13(15)14-9-17(23-4)22-11-16(14)21;;;/h2*8-12,19H,7H2,1-6H3;2*6-9,11,18H,10H2,1-5H3;3*1H/t2*19-;2*18-;;;/m1010.../s1/i;;;;3*1+2T. The molecule has 4 aromatic carbocycles. The summed E-state index contributed by atoms with van der Waals surface area (Å²) >= 11 is 12.0. The van der Waals surface area contributed by atoms with Gasteiger partial charge in [-0.15, -0.1) is 23.2 Å². The molecule has 8 rings (SSSR count). The molecule has 0 bridgehead atoms. The SMILES string of the molecule is CCc1ccc(-c2cc(OC)ncc2F)c([C@@H](OC)C(C)(C)C)c1.CCc1ccc(-c2cc(OC)ncc2F)c([C@H](OC)C(C)(C)C)c1.COc1cc(-c2ccc(CCl)cc2[C@@H](OC)C(C)(C)C)c(F)cn1.COc1cc(-c2ccc(CCl)cc2[C@H](OC)C(C)(C)C)c(F)cn1.[3H][3H].[3H][3H].[3H][3H]. The van der Waals surface area contributed by atoms with Gasteiger partial charge in [0.05, 0.1) is 77.6 Å². The van der Waals surface area contributed by atoms with E-state index in [4.69, 9.17) is 70.0 Å². The summed E-state index contributed by atoms with van der Waals surface area (Å²) in [5, 5.41) is 0. The lowest BCUT2D eigenvalue weighted by Gasteiger charge is -2.32. The summed E-state index contributed by atoms with van der Waals surface area (Å²) in [4.78, 5) is 15.7. The summed E-state index contributed by atoms with van der Waals surface area (Å²) in [6.07, 6.45) is 5.83. The molecule has 0 spiro atoms. The molecule has 18 heteroatoms. The first-order valence-electron chi connectivity index (χ1n) is 34.8. The summed E-state index contributed by atoms with van der Waals surface area (Å²) < 4.78 is 131. The monoisotopic (exact) mass is 1380 g/mol. The number of aryl methyl sites for hydroxylation is 2. The molecule has 96 heavy (non-hydrogen) atoms. The van der Waals surface area contributed by atoms with Gasteiger partial charge in [-0.05, 0) is 101 Å². The number of hydrogen-bond acceptors (Lipinski definition) is 12. The average Bonchev–Trinajstić information content (AvgIpc) is 0.804. The molecule has 0 N–H and O–H groups in total. The van der Waals surface area contributed by atoms with Crippen molar-refractivity contribution in [3.8, 4) is 68.0 Å². The van der Waals surface area contributed by atoms with E-state index in [-0.39, 0.29) is 57.7 Å². The Balaban J connectivity index is 0.000000450. The summed E-state index contributed by atoms with van der Waals surface area (Å²) in [5.74, 6) is 0.732. The van der Waals surface area contributed by atoms with Gasteiger partial charge in [-0.3, -0.25) is 0 Å². The van der Waals surface area contributed by atoms with Gasteiger partial charge in [0.2, 0.25) is 23.5 Å². The molecule has 0 amide bonds. The maximum atomic E-state index is 14.5. The third-order valence-corrected chi connectivity index (χ3v) is 16.7. The molecule has 0 saturated carbocycles. The number of halogens is 6. The number of alkyl halides is 2. The van der Waals surface area contributed by atoms with Gasteiger partial charge in [-0.2, -0.15) is 0 Å². The van der Waals surface area contributed by atoms with E-state index >= 15 is 0 Å². The van der Waals surface area contributed by atoms with E-state index in [9.17, 15) is 17.6 Å². The predicted octanol–water partition coefficient (Wildman–Crippen LogP) is 21.9. The predicted molar refractivity (Wildman–Crippen MR) is 386 cm³/mol. The molecule has 0 aliphatic heterocycles. The van der Waals surface area contributed by atoms with Crippen LogP contribution in [0.15, 0.2) is 122 Å². The molecule has 0 radical (unpaired) electrons. The van der Waals surface area contributed by atoms with Crippen molar-refractivity contribution >= 4 is 23.2 Å². The molecule has 0 aliphatic carbocycles. The number of benzene rings is 4. The summed E-state index contributed by atoms with van der Waals surface area (Å²) in [6.45, 7) is 29.4. The van der Waals surface area contributed by atoms with Gasteiger partial charge in [0.15, 0.2) is 0 Å². The van der Waals surface area contributed by atoms with Crippen molar-refractivity contribution in [2.45, 2.75) is 146 Å². The van der Waals surface area contributed by atoms with Crippen LogP contribution in [0, 0.1) is 44.9 Å². The van der Waals surface area contributed by atoms with E-state index in [1.165, 1.54) is 64.4 Å². The van der Waals surface area contributed by atoms with Gasteiger partial charge in [0, 0.05) is 95.6 Å². The third-order valence-electron chi connectivity index (χ3n) is 16.1. The van der Waals surface area contributed by atoms with Crippen LogP contribution in [-0.2, 0) is 43.5 Å². The second-order valence-corrected chi connectivity index (χ2v) is 27.9. The van der Waals surface area contributed by atoms with Crippen LogP contribution in [0.2, 0.25) is 0 Å². The Morgan fingerprint density at radius 2 is 0.531 bits per heavy atom. The summed E-state index contributed by atoms with van der Waals surface area (Å²) in [6, 6.07) is 30.2. The van der Waals surface area contributed by atoms with Crippen LogP contribution in [0.25, 0.3) is 44.5 Å². The molecular weight excluding hydrogens is 1270 g/mol. The Labute approximate surface area is 587 Å². The first kappa shape index (κ1) is 74.6. The minimum Gasteiger partial charge on any atom is -0.481 e. The number of methoxy groups -OCH3 is 8. The topological polar surface area (TPSA) is 125 Å². The Bertz CT molecular complexity index is 3370. The van der Waals surface area contributed by atoms with Crippen molar-refractivity contribution in [2.24, 2.45) is 21.7 Å². The van der Waals surface area contributed by atoms with Crippen LogP contribution >= 0.6 is 23.2 Å². The fourth-order valence-electron chi connectivity index (χ4n) is 11.6. The van der Waals surface area contributed by atoms with Crippen LogP contribution in [0.5, 0.6) is 23.5 Å². The fraction of sp³-hybridized carbons (Fsp3) is 0.436. The summed E-state index contributed by atoms with van der Waals surface area (Å²) in [7, 11) is 12.8. The van der Waals surface area contributed by atoms with Gasteiger partial charge >= 0.3 is 0 Å². The smallest absolute Gasteiger partial charge is 0.213 e. The van der Waals surface area contributed by atoms with Crippen molar-refractivity contribution in [3.63, 3.8) is 0 Å². The lowest BCUT2D eigenvalue weighted by Crippen LogP contribution is -2.21.